The SMILES string of the molecule is C#CCn1ncc(N)c(Br)c1=O. The summed E-state index contributed by atoms with van der Waals surface area (Å²) in [6.07, 6.45) is 6.40. The van der Waals surface area contributed by atoms with E-state index in [0.29, 0.717) is 10.2 Å². The highest BCUT2D eigenvalue weighted by molar-refractivity contribution is 9.10. The fraction of sp³-hybridized carbons (Fsp3) is 0.143. The molecule has 0 unspecified atom stereocenters. The van der Waals surface area contributed by atoms with E-state index in [1.54, 1.807) is 0 Å². The minimum atomic E-state index is -0.312. The number of nitrogens with two attached hydrogens (primary N) is 1. The molecule has 0 aliphatic heterocycles. The van der Waals surface area contributed by atoms with Crippen molar-refractivity contribution in [1.82, 2.24) is 9.78 Å². The number of halogens is 1. The van der Waals surface area contributed by atoms with Crippen molar-refractivity contribution in [1.29, 1.82) is 0 Å². The maximum absolute atomic E-state index is 11.3. The molecule has 2 N–H and O–H groups in total. The average molecular weight is 228 g/mol. The molecule has 0 aromatic carbocycles. The lowest BCUT2D eigenvalue weighted by molar-refractivity contribution is 0.660. The second-order valence-corrected chi connectivity index (χ2v) is 2.87. The van der Waals surface area contributed by atoms with Crippen LogP contribution in [-0.4, -0.2) is 9.78 Å². The molecule has 12 heavy (non-hydrogen) atoms. The van der Waals surface area contributed by atoms with Crippen LogP contribution in [0, 0.1) is 12.3 Å². The lowest BCUT2D eigenvalue weighted by Crippen LogP contribution is -2.23. The summed E-state index contributed by atoms with van der Waals surface area (Å²) in [6, 6.07) is 0. The highest BCUT2D eigenvalue weighted by Crippen LogP contribution is 2.10. The molecule has 0 aliphatic rings. The molecule has 1 aromatic heterocycles. The van der Waals surface area contributed by atoms with Crippen molar-refractivity contribution >= 4 is 21.6 Å². The number of rotatable bonds is 1. The van der Waals surface area contributed by atoms with Gasteiger partial charge >= 0.3 is 0 Å². The first-order valence-corrected chi connectivity index (χ1v) is 3.90. The average Bonchev–Trinajstić information content (AvgIpc) is 2.07. The number of nitrogen functional groups attached to an aromatic ring is 1. The van der Waals surface area contributed by atoms with E-state index < -0.39 is 0 Å². The van der Waals surface area contributed by atoms with Gasteiger partial charge < -0.3 is 5.73 Å². The van der Waals surface area contributed by atoms with Gasteiger partial charge in [0.05, 0.1) is 11.9 Å². The number of anilines is 1. The summed E-state index contributed by atoms with van der Waals surface area (Å²) in [5, 5.41) is 3.74. The number of nitrogens with zero attached hydrogens (tertiary/aromatic N) is 2. The van der Waals surface area contributed by atoms with Gasteiger partial charge in [0.15, 0.2) is 0 Å². The molecule has 0 atom stereocenters. The second kappa shape index (κ2) is 3.41. The van der Waals surface area contributed by atoms with Gasteiger partial charge in [-0.25, -0.2) is 4.68 Å². The Labute approximate surface area is 77.5 Å². The molecule has 0 bridgehead atoms. The molecule has 0 aliphatic carbocycles. The Bertz CT molecular complexity index is 391. The number of aromatic nitrogens is 2. The van der Waals surface area contributed by atoms with Crippen LogP contribution < -0.4 is 11.3 Å². The fourth-order valence-corrected chi connectivity index (χ4v) is 0.984. The van der Waals surface area contributed by atoms with Gasteiger partial charge in [-0.3, -0.25) is 4.79 Å². The van der Waals surface area contributed by atoms with Gasteiger partial charge in [-0.1, -0.05) is 5.92 Å². The van der Waals surface area contributed by atoms with E-state index in [2.05, 4.69) is 26.9 Å². The number of terminal acetylenes is 1. The third kappa shape index (κ3) is 1.48. The van der Waals surface area contributed by atoms with E-state index in [0.717, 1.165) is 4.68 Å². The zero-order valence-electron chi connectivity index (χ0n) is 6.12. The summed E-state index contributed by atoms with van der Waals surface area (Å²) < 4.78 is 1.45. The standard InChI is InChI=1S/C7H6BrN3O/c1-2-3-11-7(12)6(8)5(9)4-10-11/h1,4H,3,9H2. The third-order valence-electron chi connectivity index (χ3n) is 1.25. The molecular formula is C7H6BrN3O. The Morgan fingerprint density at radius 3 is 3.08 bits per heavy atom. The van der Waals surface area contributed by atoms with Crippen LogP contribution in [0.5, 0.6) is 0 Å². The number of hydrogen-bond donors (Lipinski definition) is 1. The van der Waals surface area contributed by atoms with Crippen molar-refractivity contribution in [3.05, 3.63) is 21.0 Å². The van der Waals surface area contributed by atoms with Crippen LogP contribution in [-0.2, 0) is 6.54 Å². The van der Waals surface area contributed by atoms with E-state index in [1.807, 2.05) is 0 Å². The van der Waals surface area contributed by atoms with Gasteiger partial charge in [0.1, 0.15) is 11.0 Å². The van der Waals surface area contributed by atoms with Crippen LogP contribution >= 0.6 is 15.9 Å². The monoisotopic (exact) mass is 227 g/mol. The molecular weight excluding hydrogens is 222 g/mol. The van der Waals surface area contributed by atoms with Gasteiger partial charge in [-0.05, 0) is 15.9 Å². The van der Waals surface area contributed by atoms with Crippen molar-refractivity contribution in [2.75, 3.05) is 5.73 Å². The summed E-state index contributed by atoms with van der Waals surface area (Å²) in [4.78, 5) is 11.3. The van der Waals surface area contributed by atoms with E-state index in [-0.39, 0.29) is 12.1 Å². The Morgan fingerprint density at radius 2 is 2.50 bits per heavy atom. The molecule has 62 valence electrons. The van der Waals surface area contributed by atoms with Crippen LogP contribution in [0.4, 0.5) is 5.69 Å². The van der Waals surface area contributed by atoms with Gasteiger partial charge in [0.2, 0.25) is 0 Å². The largest absolute Gasteiger partial charge is 0.396 e. The zero-order chi connectivity index (χ0) is 9.14. The molecule has 1 heterocycles. The van der Waals surface area contributed by atoms with Gasteiger partial charge in [-0.15, -0.1) is 6.42 Å². The van der Waals surface area contributed by atoms with Gasteiger partial charge in [-0.2, -0.15) is 5.10 Å². The summed E-state index contributed by atoms with van der Waals surface area (Å²) in [5.41, 5.74) is 5.41. The molecule has 4 nitrogen and oxygen atoms in total. The summed E-state index contributed by atoms with van der Waals surface area (Å²) in [5.74, 6) is 2.31. The zero-order valence-corrected chi connectivity index (χ0v) is 7.71. The van der Waals surface area contributed by atoms with Crippen molar-refractivity contribution in [2.45, 2.75) is 6.54 Å². The van der Waals surface area contributed by atoms with Crippen molar-refractivity contribution in [3.63, 3.8) is 0 Å². The summed E-state index contributed by atoms with van der Waals surface area (Å²) in [6.45, 7) is 0.151. The predicted octanol–water partition coefficient (Wildman–Crippen LogP) is 0.221. The van der Waals surface area contributed by atoms with E-state index in [9.17, 15) is 4.79 Å². The van der Waals surface area contributed by atoms with Crippen molar-refractivity contribution in [2.24, 2.45) is 0 Å². The summed E-state index contributed by atoms with van der Waals surface area (Å²) >= 11 is 3.03. The van der Waals surface area contributed by atoms with Gasteiger partial charge in [0.25, 0.3) is 5.56 Å². The Morgan fingerprint density at radius 1 is 1.83 bits per heavy atom. The fourth-order valence-electron chi connectivity index (χ4n) is 0.677. The molecule has 0 radical (unpaired) electrons. The smallest absolute Gasteiger partial charge is 0.284 e. The molecule has 1 aromatic rings. The molecule has 0 saturated carbocycles. The lowest BCUT2D eigenvalue weighted by atomic mass is 10.5. The molecule has 0 amide bonds. The first-order valence-electron chi connectivity index (χ1n) is 3.11. The third-order valence-corrected chi connectivity index (χ3v) is 2.05. The first-order chi connectivity index (χ1) is 5.66. The Hall–Kier alpha value is -1.28. The van der Waals surface area contributed by atoms with E-state index >= 15 is 0 Å². The van der Waals surface area contributed by atoms with Crippen molar-refractivity contribution in [3.8, 4) is 12.3 Å². The van der Waals surface area contributed by atoms with Crippen LogP contribution in [0.25, 0.3) is 0 Å². The quantitative estimate of drug-likeness (QED) is 0.699. The summed E-state index contributed by atoms with van der Waals surface area (Å²) in [7, 11) is 0. The van der Waals surface area contributed by atoms with Crippen LogP contribution in [0.1, 0.15) is 0 Å². The Balaban J connectivity index is 3.29. The lowest BCUT2D eigenvalue weighted by Gasteiger charge is -2.00. The normalized spacial score (nSPS) is 9.33. The molecule has 0 saturated heterocycles. The minimum absolute atomic E-state index is 0.151. The number of hydrogen-bond acceptors (Lipinski definition) is 3. The molecule has 5 heteroatoms. The predicted molar refractivity (Wildman–Crippen MR) is 49.4 cm³/mol. The van der Waals surface area contributed by atoms with Crippen LogP contribution in [0.2, 0.25) is 0 Å². The van der Waals surface area contributed by atoms with Crippen LogP contribution in [0.3, 0.4) is 0 Å². The highest BCUT2D eigenvalue weighted by atomic mass is 79.9. The van der Waals surface area contributed by atoms with E-state index in [4.69, 9.17) is 12.2 Å². The second-order valence-electron chi connectivity index (χ2n) is 2.08. The van der Waals surface area contributed by atoms with Crippen LogP contribution in [0.15, 0.2) is 15.5 Å². The maximum atomic E-state index is 11.3. The minimum Gasteiger partial charge on any atom is -0.396 e. The highest BCUT2D eigenvalue weighted by Gasteiger charge is 2.03. The topological polar surface area (TPSA) is 60.9 Å². The first kappa shape index (κ1) is 8.81. The maximum Gasteiger partial charge on any atom is 0.284 e. The molecule has 1 rings (SSSR count). The molecule has 0 spiro atoms. The van der Waals surface area contributed by atoms with E-state index in [1.165, 1.54) is 6.20 Å². The van der Waals surface area contributed by atoms with Gasteiger partial charge in [0, 0.05) is 0 Å². The Kier molecular flexibility index (Phi) is 2.51. The van der Waals surface area contributed by atoms with Crippen molar-refractivity contribution < 1.29 is 0 Å². The molecule has 0 fully saturated rings.